The van der Waals surface area contributed by atoms with E-state index in [9.17, 15) is 20.0 Å². The number of anilines is 1. The minimum atomic E-state index is -0.999. The van der Waals surface area contributed by atoms with Gasteiger partial charge in [-0.2, -0.15) is 5.26 Å². The fourth-order valence-electron chi connectivity index (χ4n) is 2.68. The number of ether oxygens (including phenoxy) is 1. The predicted octanol–water partition coefficient (Wildman–Crippen LogP) is 4.22. The number of nitriles is 1. The number of nitrogens with one attached hydrogen (secondary N) is 1. The molecule has 154 valence electrons. The summed E-state index contributed by atoms with van der Waals surface area (Å²) in [6.45, 7) is 0.203. The number of rotatable bonds is 7. The molecule has 0 aliphatic rings. The molecule has 3 aromatic carbocycles. The topological polar surface area (TPSA) is 120 Å². The molecule has 0 fully saturated rings. The van der Waals surface area contributed by atoms with Gasteiger partial charge in [0.1, 0.15) is 29.7 Å². The number of nitrogens with zero attached hydrogens (tertiary/aromatic N) is 1. The first kappa shape index (κ1) is 21.1. The van der Waals surface area contributed by atoms with Gasteiger partial charge in [-0.25, -0.2) is 4.79 Å². The van der Waals surface area contributed by atoms with Gasteiger partial charge in [0.2, 0.25) is 0 Å². The van der Waals surface area contributed by atoms with E-state index >= 15 is 0 Å². The third-order valence-electron chi connectivity index (χ3n) is 4.26. The van der Waals surface area contributed by atoms with E-state index in [1.165, 1.54) is 36.4 Å². The van der Waals surface area contributed by atoms with Crippen LogP contribution in [0.2, 0.25) is 0 Å². The highest BCUT2D eigenvalue weighted by Gasteiger charge is 2.10. The summed E-state index contributed by atoms with van der Waals surface area (Å²) in [5.74, 6) is -0.927. The highest BCUT2D eigenvalue weighted by molar-refractivity contribution is 6.09. The van der Waals surface area contributed by atoms with Gasteiger partial charge >= 0.3 is 5.97 Å². The minimum absolute atomic E-state index is 0.0750. The zero-order valence-electron chi connectivity index (χ0n) is 16.3. The molecule has 0 aliphatic heterocycles. The molecular formula is C24H18N2O5. The van der Waals surface area contributed by atoms with E-state index in [1.807, 2.05) is 6.07 Å². The minimum Gasteiger partial charge on any atom is -0.508 e. The largest absolute Gasteiger partial charge is 0.508 e. The Hall–Kier alpha value is -4.57. The van der Waals surface area contributed by atoms with Crippen LogP contribution in [0.25, 0.3) is 6.08 Å². The Morgan fingerprint density at radius 1 is 1.03 bits per heavy atom. The third-order valence-corrected chi connectivity index (χ3v) is 4.26. The average molecular weight is 414 g/mol. The molecule has 0 atom stereocenters. The van der Waals surface area contributed by atoms with Gasteiger partial charge in [0.25, 0.3) is 5.91 Å². The number of carbonyl (C=O) groups excluding carboxylic acids is 1. The molecular weight excluding hydrogens is 396 g/mol. The van der Waals surface area contributed by atoms with Gasteiger partial charge in [-0.15, -0.1) is 0 Å². The average Bonchev–Trinajstić information content (AvgIpc) is 2.78. The lowest BCUT2D eigenvalue weighted by atomic mass is 10.1. The highest BCUT2D eigenvalue weighted by Crippen LogP contribution is 2.18. The van der Waals surface area contributed by atoms with Crippen molar-refractivity contribution in [3.8, 4) is 17.6 Å². The summed E-state index contributed by atoms with van der Waals surface area (Å²) in [5.41, 5.74) is 1.93. The van der Waals surface area contributed by atoms with Crippen molar-refractivity contribution in [1.29, 1.82) is 5.26 Å². The van der Waals surface area contributed by atoms with Gasteiger partial charge in [-0.3, -0.25) is 4.79 Å². The quantitative estimate of drug-likeness (QED) is 0.303. The molecule has 0 aromatic heterocycles. The van der Waals surface area contributed by atoms with Crippen molar-refractivity contribution in [3.63, 3.8) is 0 Å². The molecule has 0 spiro atoms. The number of carbonyl (C=O) groups is 2. The smallest absolute Gasteiger partial charge is 0.335 e. The van der Waals surface area contributed by atoms with E-state index in [4.69, 9.17) is 9.84 Å². The number of hydrogen-bond donors (Lipinski definition) is 3. The number of phenolic OH excluding ortho intramolecular Hbond substituents is 1. The number of benzene rings is 3. The highest BCUT2D eigenvalue weighted by atomic mass is 16.5. The van der Waals surface area contributed by atoms with Crippen LogP contribution in [0.4, 0.5) is 5.69 Å². The van der Waals surface area contributed by atoms with Gasteiger partial charge in [-0.1, -0.05) is 24.3 Å². The van der Waals surface area contributed by atoms with Gasteiger partial charge in [0.15, 0.2) is 0 Å². The second kappa shape index (κ2) is 9.76. The standard InChI is InChI=1S/C24H18N2O5/c25-14-19(23(28)26-20-6-8-21(27)9-7-20)12-16-4-10-22(11-5-16)31-15-17-2-1-3-18(13-17)24(29)30/h1-13,27H,15H2,(H,26,28)(H,29,30)/b19-12-. The first-order valence-electron chi connectivity index (χ1n) is 9.22. The van der Waals surface area contributed by atoms with Crippen molar-refractivity contribution in [2.24, 2.45) is 0 Å². The lowest BCUT2D eigenvalue weighted by Crippen LogP contribution is -2.13. The third kappa shape index (κ3) is 5.95. The fourth-order valence-corrected chi connectivity index (χ4v) is 2.68. The Kier molecular flexibility index (Phi) is 6.66. The maximum atomic E-state index is 12.3. The number of aromatic hydroxyl groups is 1. The monoisotopic (exact) mass is 414 g/mol. The number of carboxylic acid groups (broad SMARTS) is 1. The molecule has 3 rings (SSSR count). The molecule has 1 amide bonds. The first-order valence-corrected chi connectivity index (χ1v) is 9.22. The molecule has 0 heterocycles. The number of hydrogen-bond acceptors (Lipinski definition) is 5. The summed E-state index contributed by atoms with van der Waals surface area (Å²) >= 11 is 0. The molecule has 0 aliphatic carbocycles. The number of carboxylic acids is 1. The summed E-state index contributed by atoms with van der Waals surface area (Å²) in [4.78, 5) is 23.3. The summed E-state index contributed by atoms with van der Waals surface area (Å²) in [7, 11) is 0. The van der Waals surface area contributed by atoms with Crippen LogP contribution in [0.3, 0.4) is 0 Å². The SMILES string of the molecule is N#C/C(=C/c1ccc(OCc2cccc(C(=O)O)c2)cc1)C(=O)Nc1ccc(O)cc1. The van der Waals surface area contributed by atoms with E-state index in [0.29, 0.717) is 17.0 Å². The van der Waals surface area contributed by atoms with E-state index in [-0.39, 0.29) is 23.5 Å². The maximum absolute atomic E-state index is 12.3. The molecule has 31 heavy (non-hydrogen) atoms. The maximum Gasteiger partial charge on any atom is 0.335 e. The fraction of sp³-hybridized carbons (Fsp3) is 0.0417. The Balaban J connectivity index is 1.64. The summed E-state index contributed by atoms with van der Waals surface area (Å²) in [6, 6.07) is 21.1. The Bertz CT molecular complexity index is 1160. The Labute approximate surface area is 178 Å². The molecule has 3 N–H and O–H groups in total. The molecule has 0 saturated carbocycles. The zero-order valence-corrected chi connectivity index (χ0v) is 16.3. The Morgan fingerprint density at radius 2 is 1.74 bits per heavy atom. The second-order valence-electron chi connectivity index (χ2n) is 6.53. The van der Waals surface area contributed by atoms with Crippen LogP contribution in [0.5, 0.6) is 11.5 Å². The van der Waals surface area contributed by atoms with Crippen molar-refractivity contribution in [3.05, 3.63) is 95.1 Å². The lowest BCUT2D eigenvalue weighted by molar-refractivity contribution is -0.112. The van der Waals surface area contributed by atoms with Gasteiger partial charge in [-0.05, 0) is 65.7 Å². The summed E-state index contributed by atoms with van der Waals surface area (Å²) in [6.07, 6.45) is 1.45. The molecule has 0 saturated heterocycles. The van der Waals surface area contributed by atoms with Crippen molar-refractivity contribution >= 4 is 23.6 Å². The van der Waals surface area contributed by atoms with Crippen molar-refractivity contribution in [2.75, 3.05) is 5.32 Å². The van der Waals surface area contributed by atoms with E-state index in [2.05, 4.69) is 5.32 Å². The van der Waals surface area contributed by atoms with E-state index < -0.39 is 11.9 Å². The molecule has 0 bridgehead atoms. The number of aromatic carboxylic acids is 1. The second-order valence-corrected chi connectivity index (χ2v) is 6.53. The zero-order chi connectivity index (χ0) is 22.2. The van der Waals surface area contributed by atoms with E-state index in [0.717, 1.165) is 5.56 Å². The van der Waals surface area contributed by atoms with Crippen LogP contribution in [0, 0.1) is 11.3 Å². The normalized spacial score (nSPS) is 10.7. The van der Waals surface area contributed by atoms with Crippen LogP contribution >= 0.6 is 0 Å². The molecule has 7 heteroatoms. The Morgan fingerprint density at radius 3 is 2.39 bits per heavy atom. The molecule has 7 nitrogen and oxygen atoms in total. The predicted molar refractivity (Wildman–Crippen MR) is 115 cm³/mol. The van der Waals surface area contributed by atoms with E-state index in [1.54, 1.807) is 42.5 Å². The van der Waals surface area contributed by atoms with Crippen molar-refractivity contribution < 1.29 is 24.5 Å². The lowest BCUT2D eigenvalue weighted by Gasteiger charge is -2.08. The van der Waals surface area contributed by atoms with Crippen LogP contribution in [0.1, 0.15) is 21.5 Å². The van der Waals surface area contributed by atoms with Crippen LogP contribution in [-0.4, -0.2) is 22.1 Å². The number of amides is 1. The first-order chi connectivity index (χ1) is 14.9. The van der Waals surface area contributed by atoms with Crippen LogP contribution in [-0.2, 0) is 11.4 Å². The summed E-state index contributed by atoms with van der Waals surface area (Å²) in [5, 5.41) is 30.2. The molecule has 0 unspecified atom stereocenters. The van der Waals surface area contributed by atoms with Crippen LogP contribution in [0.15, 0.2) is 78.4 Å². The molecule has 0 radical (unpaired) electrons. The van der Waals surface area contributed by atoms with Gasteiger partial charge < -0.3 is 20.3 Å². The van der Waals surface area contributed by atoms with Gasteiger partial charge in [0.05, 0.1) is 5.56 Å². The van der Waals surface area contributed by atoms with Crippen molar-refractivity contribution in [2.45, 2.75) is 6.61 Å². The summed E-state index contributed by atoms with van der Waals surface area (Å²) < 4.78 is 5.67. The van der Waals surface area contributed by atoms with Crippen LogP contribution < -0.4 is 10.1 Å². The number of phenols is 1. The molecule has 3 aromatic rings. The van der Waals surface area contributed by atoms with Gasteiger partial charge in [0, 0.05) is 5.69 Å². The van der Waals surface area contributed by atoms with Crippen molar-refractivity contribution in [1.82, 2.24) is 0 Å².